The van der Waals surface area contributed by atoms with E-state index in [-0.39, 0.29) is 5.76 Å². The van der Waals surface area contributed by atoms with Crippen LogP contribution in [0, 0.1) is 11.3 Å². The largest absolute Gasteiger partial charge is 0.507 e. The zero-order valence-electron chi connectivity index (χ0n) is 18.7. The molecule has 2 aromatic heterocycles. The molecule has 5 rings (SSSR count). The number of allylic oxidation sites excluding steroid dienone is 4. The van der Waals surface area contributed by atoms with Crippen molar-refractivity contribution in [3.63, 3.8) is 0 Å². The van der Waals surface area contributed by atoms with Crippen LogP contribution >= 0.6 is 0 Å². The minimum atomic E-state index is 0.0912. The third-order valence-corrected chi connectivity index (χ3v) is 6.62. The van der Waals surface area contributed by atoms with Gasteiger partial charge in [0.05, 0.1) is 23.3 Å². The summed E-state index contributed by atoms with van der Waals surface area (Å²) in [6, 6.07) is 6.64. The van der Waals surface area contributed by atoms with E-state index >= 15 is 0 Å². The Kier molecular flexibility index (Phi) is 5.43. The Labute approximate surface area is 188 Å². The summed E-state index contributed by atoms with van der Waals surface area (Å²) in [6.07, 6.45) is 9.38. The molecule has 2 aromatic rings. The molecule has 7 nitrogen and oxygen atoms in total. The summed E-state index contributed by atoms with van der Waals surface area (Å²) >= 11 is 0. The molecule has 3 heterocycles. The van der Waals surface area contributed by atoms with Crippen LogP contribution in [-0.2, 0) is 0 Å². The summed E-state index contributed by atoms with van der Waals surface area (Å²) in [5.41, 5.74) is 4.59. The summed E-state index contributed by atoms with van der Waals surface area (Å²) in [7, 11) is 1.79. The highest BCUT2D eigenvalue weighted by Crippen LogP contribution is 2.32. The average molecular weight is 431 g/mol. The fourth-order valence-electron chi connectivity index (χ4n) is 4.44. The van der Waals surface area contributed by atoms with Crippen molar-refractivity contribution in [1.29, 1.82) is 5.41 Å². The summed E-state index contributed by atoms with van der Waals surface area (Å²) in [5, 5.41) is 26.6. The molecule has 166 valence electrons. The van der Waals surface area contributed by atoms with Crippen molar-refractivity contribution >= 4 is 28.0 Å². The van der Waals surface area contributed by atoms with Crippen molar-refractivity contribution in [2.75, 3.05) is 31.6 Å². The van der Waals surface area contributed by atoms with Gasteiger partial charge in [0.2, 0.25) is 0 Å². The van der Waals surface area contributed by atoms with Gasteiger partial charge in [0.15, 0.2) is 5.65 Å². The summed E-state index contributed by atoms with van der Waals surface area (Å²) < 4.78 is 0. The van der Waals surface area contributed by atoms with E-state index in [1.807, 2.05) is 18.3 Å². The fourth-order valence-corrected chi connectivity index (χ4v) is 4.44. The molecule has 32 heavy (non-hydrogen) atoms. The summed E-state index contributed by atoms with van der Waals surface area (Å²) in [6.45, 7) is 4.96. The summed E-state index contributed by atoms with van der Waals surface area (Å²) in [5.74, 6) is 0.993. The Morgan fingerprint density at radius 1 is 1.28 bits per heavy atom. The number of hydrogen-bond donors (Lipinski definition) is 4. The van der Waals surface area contributed by atoms with E-state index in [2.05, 4.69) is 26.6 Å². The third-order valence-electron chi connectivity index (χ3n) is 6.62. The number of aliphatic hydroxyl groups excluding tert-OH is 1. The lowest BCUT2D eigenvalue weighted by Crippen LogP contribution is -2.33. The van der Waals surface area contributed by atoms with Crippen LogP contribution < -0.4 is 15.5 Å². The maximum atomic E-state index is 10.7. The van der Waals surface area contributed by atoms with Crippen molar-refractivity contribution in [1.82, 2.24) is 20.6 Å². The molecule has 3 aliphatic rings. The molecule has 1 saturated heterocycles. The van der Waals surface area contributed by atoms with Gasteiger partial charge in [-0.05, 0) is 62.9 Å². The fraction of sp³-hybridized carbons (Fsp3) is 0.400. The molecule has 0 aromatic carbocycles. The van der Waals surface area contributed by atoms with Crippen molar-refractivity contribution in [2.45, 2.75) is 32.2 Å². The quantitative estimate of drug-likeness (QED) is 0.560. The number of nitrogens with one attached hydrogen (secondary N) is 3. The molecule has 2 fully saturated rings. The van der Waals surface area contributed by atoms with Crippen molar-refractivity contribution in [3.05, 3.63) is 59.3 Å². The van der Waals surface area contributed by atoms with Crippen LogP contribution in [0.5, 0.6) is 0 Å². The highest BCUT2D eigenvalue weighted by atomic mass is 16.3. The lowest BCUT2D eigenvalue weighted by molar-refractivity contribution is 0.433. The van der Waals surface area contributed by atoms with Crippen LogP contribution in [0.15, 0.2) is 53.6 Å². The second-order valence-corrected chi connectivity index (χ2v) is 9.01. The molecule has 1 aliphatic heterocycles. The van der Waals surface area contributed by atoms with E-state index in [0.717, 1.165) is 36.6 Å². The predicted octanol–water partition coefficient (Wildman–Crippen LogP) is 3.56. The number of aliphatic hydroxyl groups is 1. The number of fused-ring (bicyclic) bond motifs is 1. The van der Waals surface area contributed by atoms with Crippen molar-refractivity contribution < 1.29 is 5.11 Å². The van der Waals surface area contributed by atoms with Crippen molar-refractivity contribution in [2.24, 2.45) is 5.92 Å². The van der Waals surface area contributed by atoms with E-state index in [1.54, 1.807) is 26.2 Å². The Morgan fingerprint density at radius 3 is 2.91 bits per heavy atom. The van der Waals surface area contributed by atoms with Gasteiger partial charge in [-0.15, -0.1) is 0 Å². The SMILES string of the molecule is CN/C=C1/C=C(c2ccc3cc(N4CCC(NCC5CC5)C4)cnc3n2)C(O)=C(C)C1=N. The maximum absolute atomic E-state index is 10.7. The standard InChI is InChI=1S/C25H30N6O/c1-15-23(26)18(12-27-2)10-21(24(15)32)22-6-5-17-9-20(13-29-25(17)30-22)31-8-7-19(14-31)28-11-16-3-4-16/h5-6,9-10,12-13,16,19,26-28,32H,3-4,7-8,11,14H2,1-2H3/b18-12-,26-23?. The first-order chi connectivity index (χ1) is 15.5. The van der Waals surface area contributed by atoms with E-state index in [4.69, 9.17) is 10.4 Å². The van der Waals surface area contributed by atoms with Crippen LogP contribution in [0.4, 0.5) is 5.69 Å². The Morgan fingerprint density at radius 2 is 2.12 bits per heavy atom. The molecular weight excluding hydrogens is 400 g/mol. The Bertz CT molecular complexity index is 1160. The van der Waals surface area contributed by atoms with E-state index < -0.39 is 0 Å². The lowest BCUT2D eigenvalue weighted by atomic mass is 9.91. The van der Waals surface area contributed by atoms with Crippen LogP contribution in [0.3, 0.4) is 0 Å². The number of nitrogens with zero attached hydrogens (tertiary/aromatic N) is 3. The maximum Gasteiger partial charge on any atom is 0.159 e. The molecule has 1 saturated carbocycles. The van der Waals surface area contributed by atoms with Gasteiger partial charge < -0.3 is 20.6 Å². The Hall–Kier alpha value is -3.19. The topological polar surface area (TPSA) is 97.2 Å². The van der Waals surface area contributed by atoms with Gasteiger partial charge >= 0.3 is 0 Å². The number of rotatable bonds is 6. The number of pyridine rings is 2. The monoisotopic (exact) mass is 430 g/mol. The normalized spacial score (nSPS) is 22.8. The molecule has 7 heteroatoms. The number of anilines is 1. The highest BCUT2D eigenvalue weighted by molar-refractivity contribution is 6.17. The smallest absolute Gasteiger partial charge is 0.159 e. The minimum absolute atomic E-state index is 0.0912. The first-order valence-corrected chi connectivity index (χ1v) is 11.4. The van der Waals surface area contributed by atoms with Gasteiger partial charge in [0, 0.05) is 54.5 Å². The van der Waals surface area contributed by atoms with E-state index in [1.165, 1.54) is 19.3 Å². The molecule has 1 unspecified atom stereocenters. The lowest BCUT2D eigenvalue weighted by Gasteiger charge is -2.20. The van der Waals surface area contributed by atoms with Gasteiger partial charge in [0.1, 0.15) is 5.76 Å². The van der Waals surface area contributed by atoms with Crippen LogP contribution in [0.25, 0.3) is 16.6 Å². The molecule has 2 aliphatic carbocycles. The molecule has 0 spiro atoms. The van der Waals surface area contributed by atoms with Gasteiger partial charge in [-0.2, -0.15) is 0 Å². The van der Waals surface area contributed by atoms with Gasteiger partial charge in [-0.25, -0.2) is 9.97 Å². The second-order valence-electron chi connectivity index (χ2n) is 9.01. The van der Waals surface area contributed by atoms with Gasteiger partial charge in [-0.1, -0.05) is 0 Å². The molecular formula is C25H30N6O. The predicted molar refractivity (Wildman–Crippen MR) is 129 cm³/mol. The van der Waals surface area contributed by atoms with E-state index in [9.17, 15) is 5.11 Å². The Balaban J connectivity index is 1.38. The molecule has 4 N–H and O–H groups in total. The zero-order valence-corrected chi connectivity index (χ0v) is 18.7. The molecule has 0 bridgehead atoms. The van der Waals surface area contributed by atoms with Crippen LogP contribution in [0.2, 0.25) is 0 Å². The highest BCUT2D eigenvalue weighted by Gasteiger charge is 2.27. The molecule has 0 amide bonds. The second kappa shape index (κ2) is 8.39. The van der Waals surface area contributed by atoms with Crippen molar-refractivity contribution in [3.8, 4) is 0 Å². The minimum Gasteiger partial charge on any atom is -0.507 e. The average Bonchev–Trinajstić information content (AvgIpc) is 3.52. The molecule has 1 atom stereocenters. The van der Waals surface area contributed by atoms with Gasteiger partial charge in [0.25, 0.3) is 0 Å². The molecule has 0 radical (unpaired) electrons. The first kappa shape index (κ1) is 20.7. The first-order valence-electron chi connectivity index (χ1n) is 11.4. The third kappa shape index (κ3) is 4.00. The number of aromatic nitrogens is 2. The zero-order chi connectivity index (χ0) is 22.2. The van der Waals surface area contributed by atoms with Crippen LogP contribution in [-0.4, -0.2) is 53.5 Å². The van der Waals surface area contributed by atoms with E-state index in [0.29, 0.717) is 39.8 Å². The summed E-state index contributed by atoms with van der Waals surface area (Å²) in [4.78, 5) is 11.8. The van der Waals surface area contributed by atoms with Crippen LogP contribution in [0.1, 0.15) is 31.9 Å². The van der Waals surface area contributed by atoms with Gasteiger partial charge in [-0.3, -0.25) is 5.41 Å². The number of hydrogen-bond acceptors (Lipinski definition) is 7.